The van der Waals surface area contributed by atoms with Gasteiger partial charge in [0.25, 0.3) is 0 Å². The van der Waals surface area contributed by atoms with Crippen molar-refractivity contribution < 1.29 is 9.59 Å². The average molecular weight is 534 g/mol. The van der Waals surface area contributed by atoms with Gasteiger partial charge in [-0.15, -0.1) is 0 Å². The van der Waals surface area contributed by atoms with Crippen LogP contribution in [0.1, 0.15) is 48.8 Å². The van der Waals surface area contributed by atoms with E-state index < -0.39 is 6.04 Å². The molecular weight excluding hydrogens is 500 g/mol. The minimum atomic E-state index is -0.584. The topological polar surface area (TPSA) is 49.4 Å². The fraction of sp³-hybridized carbons (Fsp3) is 0.333. The molecule has 4 nitrogen and oxygen atoms in total. The number of nitrogens with zero attached hydrogens (tertiary/aromatic N) is 1. The highest BCUT2D eigenvalue weighted by Gasteiger charge is 2.31. The number of rotatable bonds is 9. The minimum Gasteiger partial charge on any atom is -0.352 e. The smallest absolute Gasteiger partial charge is 0.243 e. The van der Waals surface area contributed by atoms with Crippen LogP contribution in [0, 0.1) is 0 Å². The molecule has 0 bridgehead atoms. The molecule has 182 valence electrons. The highest BCUT2D eigenvalue weighted by molar-refractivity contribution is 9.10. The van der Waals surface area contributed by atoms with Crippen LogP contribution in [0.25, 0.3) is 0 Å². The molecule has 1 aliphatic carbocycles. The lowest BCUT2D eigenvalue weighted by Crippen LogP contribution is -2.53. The van der Waals surface area contributed by atoms with Crippen LogP contribution in [0.15, 0.2) is 89.4 Å². The first-order valence-electron chi connectivity index (χ1n) is 12.5. The van der Waals surface area contributed by atoms with Crippen molar-refractivity contribution in [3.63, 3.8) is 0 Å². The lowest BCUT2D eigenvalue weighted by atomic mass is 9.94. The Kier molecular flexibility index (Phi) is 9.13. The fourth-order valence-electron chi connectivity index (χ4n) is 4.76. The summed E-state index contributed by atoms with van der Waals surface area (Å²) in [7, 11) is 0. The molecule has 0 spiro atoms. The minimum absolute atomic E-state index is 0.0427. The molecule has 0 aliphatic heterocycles. The predicted octanol–water partition coefficient (Wildman–Crippen LogP) is 6.08. The quantitative estimate of drug-likeness (QED) is 0.363. The molecule has 1 aliphatic rings. The Labute approximate surface area is 216 Å². The molecule has 3 aromatic rings. The largest absolute Gasteiger partial charge is 0.352 e. The van der Waals surface area contributed by atoms with Crippen molar-refractivity contribution >= 4 is 27.7 Å². The summed E-state index contributed by atoms with van der Waals surface area (Å²) in [6.07, 6.45) is 6.28. The molecule has 35 heavy (non-hydrogen) atoms. The van der Waals surface area contributed by atoms with E-state index in [1.54, 1.807) is 4.90 Å². The van der Waals surface area contributed by atoms with Crippen LogP contribution in [0.5, 0.6) is 0 Å². The summed E-state index contributed by atoms with van der Waals surface area (Å²) in [4.78, 5) is 29.3. The van der Waals surface area contributed by atoms with E-state index in [0.717, 1.165) is 46.8 Å². The molecule has 0 radical (unpaired) electrons. The lowest BCUT2D eigenvalue weighted by molar-refractivity contribution is -0.141. The number of carbonyl (C=O) groups excluding carboxylic acids is 2. The van der Waals surface area contributed by atoms with E-state index in [0.29, 0.717) is 13.0 Å². The molecule has 0 heterocycles. The summed E-state index contributed by atoms with van der Waals surface area (Å²) >= 11 is 3.49. The summed E-state index contributed by atoms with van der Waals surface area (Å²) in [6, 6.07) is 27.3. The van der Waals surface area contributed by atoms with Crippen molar-refractivity contribution in [3.05, 3.63) is 106 Å². The van der Waals surface area contributed by atoms with Crippen molar-refractivity contribution in [2.45, 2.75) is 63.6 Å². The number of carbonyl (C=O) groups is 2. The monoisotopic (exact) mass is 532 g/mol. The Morgan fingerprint density at radius 1 is 0.800 bits per heavy atom. The highest BCUT2D eigenvalue weighted by Crippen LogP contribution is 2.21. The number of hydrogen-bond donors (Lipinski definition) is 1. The normalized spacial score (nSPS) is 14.8. The Bertz CT molecular complexity index is 1080. The van der Waals surface area contributed by atoms with Crippen molar-refractivity contribution in [3.8, 4) is 0 Å². The first-order chi connectivity index (χ1) is 17.1. The molecule has 0 aromatic heterocycles. The van der Waals surface area contributed by atoms with Gasteiger partial charge in [0.1, 0.15) is 6.04 Å². The summed E-state index contributed by atoms with van der Waals surface area (Å²) in [5.41, 5.74) is 2.99. The molecule has 4 rings (SSSR count). The Hall–Kier alpha value is -2.92. The standard InChI is InChI=1S/C30H33BrN2O2/c31-26-18-16-25(17-19-26)22-33(29(34)21-24-12-6-2-7-13-24)28(20-23-10-4-1-5-11-23)30(35)32-27-14-8-3-9-15-27/h1-2,4-7,10-13,16-19,27-28H,3,8-9,14-15,20-22H2,(H,32,35). The maximum atomic E-state index is 13.7. The summed E-state index contributed by atoms with van der Waals surface area (Å²) in [6.45, 7) is 0.383. The van der Waals surface area contributed by atoms with Gasteiger partial charge in [-0.05, 0) is 41.7 Å². The van der Waals surface area contributed by atoms with Gasteiger partial charge in [0.05, 0.1) is 6.42 Å². The molecule has 1 unspecified atom stereocenters. The van der Waals surface area contributed by atoms with Gasteiger partial charge >= 0.3 is 0 Å². The van der Waals surface area contributed by atoms with Crippen molar-refractivity contribution in [2.24, 2.45) is 0 Å². The second-order valence-electron chi connectivity index (χ2n) is 9.36. The predicted molar refractivity (Wildman–Crippen MR) is 144 cm³/mol. The van der Waals surface area contributed by atoms with Gasteiger partial charge in [0.2, 0.25) is 11.8 Å². The van der Waals surface area contributed by atoms with Gasteiger partial charge in [-0.1, -0.05) is 108 Å². The van der Waals surface area contributed by atoms with E-state index in [-0.39, 0.29) is 24.3 Å². The average Bonchev–Trinajstić information content (AvgIpc) is 2.89. The third kappa shape index (κ3) is 7.53. The Morgan fingerprint density at radius 2 is 1.40 bits per heavy atom. The van der Waals surface area contributed by atoms with E-state index in [2.05, 4.69) is 21.2 Å². The Balaban J connectivity index is 1.63. The molecule has 2 amide bonds. The maximum absolute atomic E-state index is 13.7. The third-order valence-electron chi connectivity index (χ3n) is 6.69. The van der Waals surface area contributed by atoms with Crippen LogP contribution >= 0.6 is 15.9 Å². The number of amides is 2. The second-order valence-corrected chi connectivity index (χ2v) is 10.3. The van der Waals surface area contributed by atoms with Crippen LogP contribution in [-0.4, -0.2) is 28.8 Å². The zero-order valence-electron chi connectivity index (χ0n) is 20.0. The Morgan fingerprint density at radius 3 is 2.03 bits per heavy atom. The van der Waals surface area contributed by atoms with Crippen molar-refractivity contribution in [2.75, 3.05) is 0 Å². The van der Waals surface area contributed by atoms with Crippen LogP contribution in [0.4, 0.5) is 0 Å². The number of nitrogens with one attached hydrogen (secondary N) is 1. The molecule has 1 N–H and O–H groups in total. The first kappa shape index (κ1) is 25.2. The molecule has 1 saturated carbocycles. The van der Waals surface area contributed by atoms with E-state index in [1.165, 1.54) is 6.42 Å². The number of halogens is 1. The summed E-state index contributed by atoms with van der Waals surface area (Å²) < 4.78 is 0.985. The van der Waals surface area contributed by atoms with Crippen molar-refractivity contribution in [1.29, 1.82) is 0 Å². The van der Waals surface area contributed by atoms with Gasteiger partial charge in [0, 0.05) is 23.5 Å². The summed E-state index contributed by atoms with van der Waals surface area (Å²) in [5, 5.41) is 3.29. The maximum Gasteiger partial charge on any atom is 0.243 e. The number of benzene rings is 3. The third-order valence-corrected chi connectivity index (χ3v) is 7.22. The van der Waals surface area contributed by atoms with Gasteiger partial charge in [-0.3, -0.25) is 9.59 Å². The van der Waals surface area contributed by atoms with E-state index in [1.807, 2.05) is 84.9 Å². The van der Waals surface area contributed by atoms with Crippen molar-refractivity contribution in [1.82, 2.24) is 10.2 Å². The van der Waals surface area contributed by atoms with E-state index in [4.69, 9.17) is 0 Å². The SMILES string of the molecule is O=C(NC1CCCCC1)C(Cc1ccccc1)N(Cc1ccc(Br)cc1)C(=O)Cc1ccccc1. The van der Waals surface area contributed by atoms with Crippen LogP contribution in [0.2, 0.25) is 0 Å². The van der Waals surface area contributed by atoms with Gasteiger partial charge < -0.3 is 10.2 Å². The highest BCUT2D eigenvalue weighted by atomic mass is 79.9. The zero-order valence-corrected chi connectivity index (χ0v) is 21.6. The zero-order chi connectivity index (χ0) is 24.5. The fourth-order valence-corrected chi connectivity index (χ4v) is 5.02. The molecule has 1 atom stereocenters. The van der Waals surface area contributed by atoms with Crippen LogP contribution < -0.4 is 5.32 Å². The van der Waals surface area contributed by atoms with Crippen LogP contribution in [0.3, 0.4) is 0 Å². The van der Waals surface area contributed by atoms with E-state index >= 15 is 0 Å². The molecule has 0 saturated heterocycles. The lowest BCUT2D eigenvalue weighted by Gasteiger charge is -2.33. The molecule has 3 aromatic carbocycles. The first-order valence-corrected chi connectivity index (χ1v) is 13.3. The van der Waals surface area contributed by atoms with Crippen LogP contribution in [-0.2, 0) is 29.0 Å². The number of hydrogen-bond acceptors (Lipinski definition) is 2. The van der Waals surface area contributed by atoms with E-state index in [9.17, 15) is 9.59 Å². The van der Waals surface area contributed by atoms with Gasteiger partial charge in [-0.25, -0.2) is 0 Å². The second kappa shape index (κ2) is 12.7. The molecule has 5 heteroatoms. The van der Waals surface area contributed by atoms with Gasteiger partial charge in [0.15, 0.2) is 0 Å². The molecule has 1 fully saturated rings. The summed E-state index contributed by atoms with van der Waals surface area (Å²) in [5.74, 6) is -0.0990. The molecular formula is C30H33BrN2O2. The van der Waals surface area contributed by atoms with Gasteiger partial charge in [-0.2, -0.15) is 0 Å².